The number of rotatable bonds is 3. The fourth-order valence-corrected chi connectivity index (χ4v) is 4.17. The molecule has 1 aliphatic rings. The molecule has 6 nitrogen and oxygen atoms in total. The summed E-state index contributed by atoms with van der Waals surface area (Å²) in [6, 6.07) is 18.8. The molecular weight excluding hydrogens is 445 g/mol. The van der Waals surface area contributed by atoms with Crippen molar-refractivity contribution in [2.75, 3.05) is 26.2 Å². The topological polar surface area (TPSA) is 66.7 Å². The van der Waals surface area contributed by atoms with E-state index in [0.717, 1.165) is 10.9 Å². The van der Waals surface area contributed by atoms with Gasteiger partial charge in [-0.1, -0.05) is 47.1 Å². The molecule has 5 rings (SSSR count). The highest BCUT2D eigenvalue weighted by Gasteiger charge is 2.27. The molecule has 0 bridgehead atoms. The minimum absolute atomic E-state index is 0.0615. The smallest absolute Gasteiger partial charge is 0.257 e. The van der Waals surface area contributed by atoms with E-state index in [0.29, 0.717) is 48.0 Å². The molecule has 1 fully saturated rings. The number of amides is 2. The molecule has 166 valence electrons. The van der Waals surface area contributed by atoms with Crippen LogP contribution in [-0.4, -0.2) is 52.9 Å². The van der Waals surface area contributed by atoms with Crippen molar-refractivity contribution in [1.29, 1.82) is 0 Å². The maximum absolute atomic E-state index is 14.1. The van der Waals surface area contributed by atoms with Gasteiger partial charge in [-0.2, -0.15) is 0 Å². The quantitative estimate of drug-likeness (QED) is 0.434. The number of benzene rings is 3. The van der Waals surface area contributed by atoms with E-state index in [9.17, 15) is 14.0 Å². The normalized spacial score (nSPS) is 14.0. The third-order valence-corrected chi connectivity index (χ3v) is 6.01. The lowest BCUT2D eigenvalue weighted by atomic mass is 10.1. The number of hydrogen-bond donors (Lipinski definition) is 0. The van der Waals surface area contributed by atoms with E-state index in [1.165, 1.54) is 23.1 Å². The number of nitrogens with zero attached hydrogens (tertiary/aromatic N) is 3. The Kier molecular flexibility index (Phi) is 5.56. The lowest BCUT2D eigenvalue weighted by molar-refractivity contribution is 0.0533. The van der Waals surface area contributed by atoms with Crippen molar-refractivity contribution in [2.45, 2.75) is 0 Å². The first-order valence-electron chi connectivity index (χ1n) is 10.5. The van der Waals surface area contributed by atoms with Crippen LogP contribution in [0.5, 0.6) is 0 Å². The van der Waals surface area contributed by atoms with Crippen LogP contribution in [0.1, 0.15) is 20.7 Å². The van der Waals surface area contributed by atoms with E-state index in [1.54, 1.807) is 23.1 Å². The van der Waals surface area contributed by atoms with Crippen LogP contribution in [0.3, 0.4) is 0 Å². The van der Waals surface area contributed by atoms with E-state index < -0.39 is 11.7 Å². The van der Waals surface area contributed by atoms with E-state index in [-0.39, 0.29) is 11.5 Å². The summed E-state index contributed by atoms with van der Waals surface area (Å²) in [5.41, 5.74) is 2.01. The van der Waals surface area contributed by atoms with Crippen molar-refractivity contribution < 1.29 is 18.5 Å². The first kappa shape index (κ1) is 21.2. The Labute approximate surface area is 194 Å². The van der Waals surface area contributed by atoms with Crippen molar-refractivity contribution in [3.63, 3.8) is 0 Å². The first-order valence-corrected chi connectivity index (χ1v) is 10.9. The second-order valence-electron chi connectivity index (χ2n) is 7.82. The van der Waals surface area contributed by atoms with Crippen molar-refractivity contribution >= 4 is 34.3 Å². The van der Waals surface area contributed by atoms with Crippen LogP contribution in [0.25, 0.3) is 22.2 Å². The Morgan fingerprint density at radius 1 is 0.879 bits per heavy atom. The average molecular weight is 464 g/mol. The second kappa shape index (κ2) is 8.67. The highest BCUT2D eigenvalue weighted by Crippen LogP contribution is 2.29. The summed E-state index contributed by atoms with van der Waals surface area (Å²) >= 11 is 5.91. The van der Waals surface area contributed by atoms with Crippen LogP contribution >= 0.6 is 11.6 Å². The van der Waals surface area contributed by atoms with Crippen LogP contribution in [0.4, 0.5) is 4.39 Å². The number of carbonyl (C=O) groups excluding carboxylic acids is 2. The summed E-state index contributed by atoms with van der Waals surface area (Å²) in [6.45, 7) is 1.31. The predicted octanol–water partition coefficient (Wildman–Crippen LogP) is 4.89. The van der Waals surface area contributed by atoms with Crippen molar-refractivity contribution in [3.8, 4) is 11.3 Å². The maximum Gasteiger partial charge on any atom is 0.257 e. The standard InChI is InChI=1S/C25H19ClFN3O3/c26-18-7-8-21(27)19(15-18)25(32)30-12-10-29(11-13-30)24(31)17-6-9-22-20(14-17)23(33-28-22)16-4-2-1-3-5-16/h1-9,14-15H,10-13H2. The van der Waals surface area contributed by atoms with Crippen LogP contribution in [0.15, 0.2) is 71.3 Å². The van der Waals surface area contributed by atoms with Gasteiger partial charge in [0.2, 0.25) is 0 Å². The molecule has 2 amide bonds. The fourth-order valence-electron chi connectivity index (χ4n) is 4.00. The zero-order chi connectivity index (χ0) is 22.9. The number of carbonyl (C=O) groups is 2. The van der Waals surface area contributed by atoms with E-state index >= 15 is 0 Å². The third-order valence-electron chi connectivity index (χ3n) is 5.77. The molecule has 0 radical (unpaired) electrons. The van der Waals surface area contributed by atoms with Gasteiger partial charge in [-0.05, 0) is 36.4 Å². The predicted molar refractivity (Wildman–Crippen MR) is 123 cm³/mol. The Bertz CT molecular complexity index is 1350. The van der Waals surface area contributed by atoms with Gasteiger partial charge in [0.05, 0.1) is 10.9 Å². The molecule has 1 saturated heterocycles. The first-order chi connectivity index (χ1) is 16.0. The Morgan fingerprint density at radius 2 is 1.58 bits per heavy atom. The van der Waals surface area contributed by atoms with Crippen molar-refractivity contribution in [3.05, 3.63) is 88.7 Å². The average Bonchev–Trinajstić information content (AvgIpc) is 3.28. The van der Waals surface area contributed by atoms with Gasteiger partial charge < -0.3 is 14.3 Å². The lowest BCUT2D eigenvalue weighted by Crippen LogP contribution is -2.50. The Hall–Kier alpha value is -3.71. The molecule has 0 spiro atoms. The van der Waals surface area contributed by atoms with Gasteiger partial charge in [0, 0.05) is 42.3 Å². The molecule has 0 aliphatic carbocycles. The largest absolute Gasteiger partial charge is 0.355 e. The van der Waals surface area contributed by atoms with E-state index in [4.69, 9.17) is 16.1 Å². The number of hydrogen-bond acceptors (Lipinski definition) is 4. The highest BCUT2D eigenvalue weighted by atomic mass is 35.5. The van der Waals surface area contributed by atoms with Gasteiger partial charge >= 0.3 is 0 Å². The summed E-state index contributed by atoms with van der Waals surface area (Å²) in [6.07, 6.45) is 0. The minimum Gasteiger partial charge on any atom is -0.355 e. The van der Waals surface area contributed by atoms with Crippen LogP contribution < -0.4 is 0 Å². The minimum atomic E-state index is -0.612. The molecule has 0 saturated carbocycles. The van der Waals surface area contributed by atoms with Gasteiger partial charge in [-0.3, -0.25) is 9.59 Å². The lowest BCUT2D eigenvalue weighted by Gasteiger charge is -2.35. The summed E-state index contributed by atoms with van der Waals surface area (Å²) in [7, 11) is 0. The molecule has 3 aromatic carbocycles. The maximum atomic E-state index is 14.1. The molecule has 1 aromatic heterocycles. The molecule has 1 aliphatic heterocycles. The SMILES string of the molecule is O=C(c1ccc2noc(-c3ccccc3)c2c1)N1CCN(C(=O)c2cc(Cl)ccc2F)CC1. The van der Waals surface area contributed by atoms with Gasteiger partial charge in [0.15, 0.2) is 5.76 Å². The Balaban J connectivity index is 1.32. The number of piperazine rings is 1. The molecule has 0 unspecified atom stereocenters. The van der Waals surface area contributed by atoms with Crippen LogP contribution in [0, 0.1) is 5.82 Å². The summed E-state index contributed by atoms with van der Waals surface area (Å²) < 4.78 is 19.6. The van der Waals surface area contributed by atoms with Gasteiger partial charge in [0.1, 0.15) is 11.3 Å². The van der Waals surface area contributed by atoms with Crippen LogP contribution in [0.2, 0.25) is 5.02 Å². The summed E-state index contributed by atoms with van der Waals surface area (Å²) in [5.74, 6) is -0.572. The van der Waals surface area contributed by atoms with E-state index in [1.807, 2.05) is 30.3 Å². The van der Waals surface area contributed by atoms with Gasteiger partial charge in [0.25, 0.3) is 11.8 Å². The third kappa shape index (κ3) is 4.07. The molecular formula is C25H19ClFN3O3. The molecule has 0 N–H and O–H groups in total. The molecule has 33 heavy (non-hydrogen) atoms. The molecule has 4 aromatic rings. The fraction of sp³-hybridized carbons (Fsp3) is 0.160. The molecule has 8 heteroatoms. The van der Waals surface area contributed by atoms with Crippen LogP contribution in [-0.2, 0) is 0 Å². The number of halogens is 2. The summed E-state index contributed by atoms with van der Waals surface area (Å²) in [4.78, 5) is 29.1. The summed E-state index contributed by atoms with van der Waals surface area (Å²) in [5, 5.41) is 5.16. The van der Waals surface area contributed by atoms with Crippen molar-refractivity contribution in [2.24, 2.45) is 0 Å². The van der Waals surface area contributed by atoms with E-state index in [2.05, 4.69) is 5.16 Å². The zero-order valence-electron chi connectivity index (χ0n) is 17.5. The van der Waals surface area contributed by atoms with Gasteiger partial charge in [-0.25, -0.2) is 4.39 Å². The molecule has 0 atom stereocenters. The molecule has 2 heterocycles. The van der Waals surface area contributed by atoms with Gasteiger partial charge in [-0.15, -0.1) is 0 Å². The highest BCUT2D eigenvalue weighted by molar-refractivity contribution is 6.31. The number of aromatic nitrogens is 1. The Morgan fingerprint density at radius 3 is 2.30 bits per heavy atom. The number of fused-ring (bicyclic) bond motifs is 1. The van der Waals surface area contributed by atoms with Crippen molar-refractivity contribution in [1.82, 2.24) is 15.0 Å². The zero-order valence-corrected chi connectivity index (χ0v) is 18.3. The monoisotopic (exact) mass is 463 g/mol. The second-order valence-corrected chi connectivity index (χ2v) is 8.25.